The van der Waals surface area contributed by atoms with Gasteiger partial charge in [0.25, 0.3) is 0 Å². The first-order valence-corrected chi connectivity index (χ1v) is 8.21. The Morgan fingerprint density at radius 1 is 1.26 bits per heavy atom. The second kappa shape index (κ2) is 6.42. The molecule has 3 unspecified atom stereocenters. The lowest BCUT2D eigenvalue weighted by molar-refractivity contribution is 0.0824. The number of hydrogen-bond acceptors (Lipinski definition) is 4. The van der Waals surface area contributed by atoms with Crippen molar-refractivity contribution in [3.63, 3.8) is 0 Å². The van der Waals surface area contributed by atoms with Gasteiger partial charge in [0.05, 0.1) is 13.2 Å². The molecule has 5 nitrogen and oxygen atoms in total. The van der Waals surface area contributed by atoms with Crippen molar-refractivity contribution in [1.82, 2.24) is 4.57 Å². The first-order chi connectivity index (χ1) is 11.0. The van der Waals surface area contributed by atoms with Crippen LogP contribution in [0.25, 0.3) is 0 Å². The number of fused-ring (bicyclic) bond motifs is 5. The van der Waals surface area contributed by atoms with Crippen LogP contribution in [0.15, 0.2) is 24.3 Å². The number of aromatic nitrogens is 1. The van der Waals surface area contributed by atoms with Gasteiger partial charge >= 0.3 is 0 Å². The van der Waals surface area contributed by atoms with E-state index in [1.54, 1.807) is 4.57 Å². The van der Waals surface area contributed by atoms with Crippen LogP contribution >= 0.6 is 0 Å². The molecule has 5 heteroatoms. The Balaban J connectivity index is 1.86. The van der Waals surface area contributed by atoms with E-state index in [9.17, 15) is 10.2 Å². The predicted octanol–water partition coefficient (Wildman–Crippen LogP) is 2.95. The zero-order chi connectivity index (χ0) is 16.6. The Kier molecular flexibility index (Phi) is 4.50. The number of aromatic hydroxyl groups is 2. The molecule has 2 bridgehead atoms. The summed E-state index contributed by atoms with van der Waals surface area (Å²) in [6, 6.07) is -0.101. The van der Waals surface area contributed by atoms with E-state index < -0.39 is 0 Å². The molecule has 1 heterocycles. The van der Waals surface area contributed by atoms with Crippen LogP contribution in [0.5, 0.6) is 11.8 Å². The molecule has 23 heavy (non-hydrogen) atoms. The second-order valence-electron chi connectivity index (χ2n) is 6.62. The minimum atomic E-state index is -0.101. The lowest BCUT2D eigenvalue weighted by Crippen LogP contribution is -2.13. The molecule has 0 aromatic carbocycles. The van der Waals surface area contributed by atoms with Crippen LogP contribution in [0.4, 0.5) is 0 Å². The smallest absolute Gasteiger partial charge is 0.198 e. The number of hydrogen-bond donors (Lipinski definition) is 3. The Hall–Kier alpha value is -1.72. The Morgan fingerprint density at radius 3 is 2.39 bits per heavy atom. The molecule has 0 saturated heterocycles. The van der Waals surface area contributed by atoms with E-state index >= 15 is 0 Å². The van der Waals surface area contributed by atoms with Crippen molar-refractivity contribution < 1.29 is 20.1 Å². The molecule has 0 saturated carbocycles. The van der Waals surface area contributed by atoms with Gasteiger partial charge in [0.1, 0.15) is 0 Å². The van der Waals surface area contributed by atoms with Gasteiger partial charge in [0.2, 0.25) is 0 Å². The maximum absolute atomic E-state index is 10.7. The molecule has 1 aromatic heterocycles. The van der Waals surface area contributed by atoms with Gasteiger partial charge in [-0.3, -0.25) is 4.57 Å². The van der Waals surface area contributed by atoms with Gasteiger partial charge in [-0.2, -0.15) is 0 Å². The fourth-order valence-corrected chi connectivity index (χ4v) is 3.92. The molecule has 2 aliphatic rings. The van der Waals surface area contributed by atoms with Gasteiger partial charge in [0.15, 0.2) is 11.8 Å². The molecule has 0 aliphatic heterocycles. The van der Waals surface area contributed by atoms with Crippen molar-refractivity contribution in [3.8, 4) is 11.8 Å². The average Bonchev–Trinajstić information content (AvgIpc) is 3.16. The average molecular weight is 319 g/mol. The minimum absolute atomic E-state index is 0.00546. The fraction of sp³-hybridized carbons (Fsp3) is 0.556. The molecule has 1 aromatic rings. The Bertz CT molecular complexity index is 596. The van der Waals surface area contributed by atoms with Crippen LogP contribution in [0.1, 0.15) is 55.2 Å². The summed E-state index contributed by atoms with van der Waals surface area (Å²) in [7, 11) is 0. The molecule has 2 aliphatic carbocycles. The number of rotatable bonds is 8. The monoisotopic (exact) mass is 319 g/mol. The standard InChI is InChI=1S/C18H25NO4/c1-11(2)9-14(5-7-23-8-6-20)19-17(21)15-12-3-4-13(10-12)16(15)18(19)22/h3-4,12-14,20-22H,1,5-10H2,2H3. The lowest BCUT2D eigenvalue weighted by Gasteiger charge is -2.22. The summed E-state index contributed by atoms with van der Waals surface area (Å²) in [5.74, 6) is 0.807. The summed E-state index contributed by atoms with van der Waals surface area (Å²) in [6.45, 7) is 6.66. The van der Waals surface area contributed by atoms with Gasteiger partial charge in [-0.15, -0.1) is 6.58 Å². The summed E-state index contributed by atoms with van der Waals surface area (Å²) < 4.78 is 7.01. The summed E-state index contributed by atoms with van der Waals surface area (Å²) in [6.07, 6.45) is 6.50. The lowest BCUT2D eigenvalue weighted by atomic mass is 10.0. The van der Waals surface area contributed by atoms with Crippen molar-refractivity contribution in [1.29, 1.82) is 0 Å². The van der Waals surface area contributed by atoms with Crippen molar-refractivity contribution in [2.45, 2.75) is 44.1 Å². The molecule has 0 spiro atoms. The Labute approximate surface area is 136 Å². The molecular weight excluding hydrogens is 294 g/mol. The summed E-state index contributed by atoms with van der Waals surface area (Å²) in [5.41, 5.74) is 2.77. The van der Waals surface area contributed by atoms with E-state index in [2.05, 4.69) is 18.7 Å². The highest BCUT2D eigenvalue weighted by Gasteiger charge is 2.41. The largest absolute Gasteiger partial charge is 0.494 e. The van der Waals surface area contributed by atoms with Crippen LogP contribution in [-0.4, -0.2) is 39.7 Å². The molecular formula is C18H25NO4. The summed E-state index contributed by atoms with van der Waals surface area (Å²) >= 11 is 0. The summed E-state index contributed by atoms with van der Waals surface area (Å²) in [5, 5.41) is 30.2. The van der Waals surface area contributed by atoms with E-state index in [4.69, 9.17) is 9.84 Å². The van der Waals surface area contributed by atoms with E-state index in [1.165, 1.54) is 0 Å². The molecule has 0 fully saturated rings. The number of aliphatic hydroxyl groups is 1. The zero-order valence-electron chi connectivity index (χ0n) is 13.5. The quantitative estimate of drug-likeness (QED) is 0.509. The predicted molar refractivity (Wildman–Crippen MR) is 88.0 cm³/mol. The zero-order valence-corrected chi connectivity index (χ0v) is 13.5. The Morgan fingerprint density at radius 2 is 1.87 bits per heavy atom. The highest BCUT2D eigenvalue weighted by atomic mass is 16.5. The number of allylic oxidation sites excluding steroid dienone is 3. The van der Waals surface area contributed by atoms with Crippen molar-refractivity contribution in [2.75, 3.05) is 19.8 Å². The van der Waals surface area contributed by atoms with E-state index in [-0.39, 0.29) is 36.2 Å². The van der Waals surface area contributed by atoms with Crippen LogP contribution in [0, 0.1) is 0 Å². The highest BCUT2D eigenvalue weighted by Crippen LogP contribution is 2.57. The van der Waals surface area contributed by atoms with Crippen LogP contribution in [0.3, 0.4) is 0 Å². The second-order valence-corrected chi connectivity index (χ2v) is 6.62. The van der Waals surface area contributed by atoms with Crippen LogP contribution in [-0.2, 0) is 4.74 Å². The van der Waals surface area contributed by atoms with Crippen LogP contribution < -0.4 is 0 Å². The fourth-order valence-electron chi connectivity index (χ4n) is 3.92. The topological polar surface area (TPSA) is 74.9 Å². The van der Waals surface area contributed by atoms with Crippen molar-refractivity contribution in [2.24, 2.45) is 0 Å². The van der Waals surface area contributed by atoms with Gasteiger partial charge in [-0.1, -0.05) is 17.7 Å². The van der Waals surface area contributed by atoms with E-state index in [0.717, 1.165) is 23.1 Å². The molecule has 3 atom stereocenters. The molecule has 126 valence electrons. The maximum atomic E-state index is 10.7. The third kappa shape index (κ3) is 2.79. The van der Waals surface area contributed by atoms with Crippen molar-refractivity contribution in [3.05, 3.63) is 35.4 Å². The SMILES string of the molecule is C=C(C)CC(CCOCCO)n1c(O)c2c(c1O)C1C=CC2C1. The number of aliphatic hydroxyl groups excluding tert-OH is 1. The minimum Gasteiger partial charge on any atom is -0.494 e. The highest BCUT2D eigenvalue weighted by molar-refractivity contribution is 5.59. The molecule has 3 rings (SSSR count). The normalized spacial score (nSPS) is 22.5. The number of ether oxygens (including phenoxy) is 1. The first-order valence-electron chi connectivity index (χ1n) is 8.21. The molecule has 3 N–H and O–H groups in total. The van der Waals surface area contributed by atoms with Crippen LogP contribution in [0.2, 0.25) is 0 Å². The number of nitrogens with zero attached hydrogens (tertiary/aromatic N) is 1. The van der Waals surface area contributed by atoms with Gasteiger partial charge in [0, 0.05) is 35.6 Å². The van der Waals surface area contributed by atoms with E-state index in [1.807, 2.05) is 6.92 Å². The molecule has 0 amide bonds. The third-order valence-corrected chi connectivity index (χ3v) is 4.83. The van der Waals surface area contributed by atoms with E-state index in [0.29, 0.717) is 26.1 Å². The summed E-state index contributed by atoms with van der Waals surface area (Å²) in [4.78, 5) is 0. The third-order valence-electron chi connectivity index (χ3n) is 4.83. The van der Waals surface area contributed by atoms with Gasteiger partial charge < -0.3 is 20.1 Å². The van der Waals surface area contributed by atoms with Gasteiger partial charge in [-0.05, 0) is 26.2 Å². The van der Waals surface area contributed by atoms with Crippen molar-refractivity contribution >= 4 is 0 Å². The maximum Gasteiger partial charge on any atom is 0.198 e. The first kappa shape index (κ1) is 16.1. The molecule has 0 radical (unpaired) electrons. The van der Waals surface area contributed by atoms with Gasteiger partial charge in [-0.25, -0.2) is 0 Å².